The van der Waals surface area contributed by atoms with Crippen molar-refractivity contribution in [2.75, 3.05) is 43.1 Å². The molecule has 3 aromatic rings. The number of carbonyl (C=O) groups is 1. The van der Waals surface area contributed by atoms with E-state index in [0.29, 0.717) is 71.6 Å². The second kappa shape index (κ2) is 11.4. The van der Waals surface area contributed by atoms with Gasteiger partial charge in [-0.2, -0.15) is 15.9 Å². The number of nitrogens with one attached hydrogen (secondary N) is 2. The zero-order valence-corrected chi connectivity index (χ0v) is 22.9. The second-order valence-electron chi connectivity index (χ2n) is 9.91. The SMILES string of the molecule is C[C@H]1COCCN1c1cc(C2(S(O)(O)c3ccc(C#N)cc3)CC2)nc(-c2ccc(NC(=O)NCCO)cc2)n1. The molecular formula is C28H32N6O5S. The molecule has 5 rings (SSSR count). The van der Waals surface area contributed by atoms with Crippen LogP contribution in [0.4, 0.5) is 16.3 Å². The third-order valence-electron chi connectivity index (χ3n) is 7.20. The molecule has 1 saturated carbocycles. The molecule has 5 N–H and O–H groups in total. The number of ether oxygens (including phenoxy) is 1. The highest BCUT2D eigenvalue weighted by Gasteiger charge is 2.57. The number of nitriles is 1. The Morgan fingerprint density at radius 3 is 2.52 bits per heavy atom. The number of aliphatic hydroxyl groups is 1. The number of nitrogens with zero attached hydrogens (tertiary/aromatic N) is 4. The molecule has 210 valence electrons. The van der Waals surface area contributed by atoms with E-state index in [1.165, 1.54) is 0 Å². The summed E-state index contributed by atoms with van der Waals surface area (Å²) < 4.78 is 27.8. The number of hydrogen-bond donors (Lipinski definition) is 5. The summed E-state index contributed by atoms with van der Waals surface area (Å²) in [6, 6.07) is 17.0. The maximum Gasteiger partial charge on any atom is 0.319 e. The van der Waals surface area contributed by atoms with Crippen LogP contribution in [-0.2, 0) is 9.48 Å². The van der Waals surface area contributed by atoms with Gasteiger partial charge in [0.25, 0.3) is 0 Å². The second-order valence-corrected chi connectivity index (χ2v) is 12.3. The van der Waals surface area contributed by atoms with Crippen molar-refractivity contribution in [3.8, 4) is 17.5 Å². The van der Waals surface area contributed by atoms with Gasteiger partial charge in [0.1, 0.15) is 10.6 Å². The molecule has 2 aromatic carbocycles. The van der Waals surface area contributed by atoms with Crippen LogP contribution in [0.3, 0.4) is 0 Å². The number of anilines is 2. The lowest BCUT2D eigenvalue weighted by atomic mass is 10.1. The minimum absolute atomic E-state index is 0.0717. The van der Waals surface area contributed by atoms with Gasteiger partial charge in [0.05, 0.1) is 48.1 Å². The van der Waals surface area contributed by atoms with E-state index in [-0.39, 0.29) is 19.2 Å². The van der Waals surface area contributed by atoms with Crippen LogP contribution in [0, 0.1) is 11.3 Å². The van der Waals surface area contributed by atoms with Gasteiger partial charge < -0.3 is 25.4 Å². The molecule has 0 radical (unpaired) electrons. The van der Waals surface area contributed by atoms with Crippen LogP contribution in [0.1, 0.15) is 31.0 Å². The Kier molecular flexibility index (Phi) is 7.93. The Balaban J connectivity index is 1.52. The number of aliphatic hydroxyl groups excluding tert-OH is 1. The lowest BCUT2D eigenvalue weighted by Crippen LogP contribution is -2.44. The quantitative estimate of drug-likeness (QED) is 0.270. The molecule has 1 aliphatic carbocycles. The van der Waals surface area contributed by atoms with Gasteiger partial charge in [-0.05, 0) is 68.3 Å². The molecule has 2 fully saturated rings. The van der Waals surface area contributed by atoms with Crippen LogP contribution in [0.5, 0.6) is 0 Å². The first-order chi connectivity index (χ1) is 19.3. The minimum atomic E-state index is -3.31. The van der Waals surface area contributed by atoms with Crippen LogP contribution >= 0.6 is 10.6 Å². The summed E-state index contributed by atoms with van der Waals surface area (Å²) in [7, 11) is -3.31. The maximum atomic E-state index is 12.0. The monoisotopic (exact) mass is 564 g/mol. The lowest BCUT2D eigenvalue weighted by molar-refractivity contribution is 0.0985. The third kappa shape index (κ3) is 5.47. The van der Waals surface area contributed by atoms with Gasteiger partial charge in [-0.25, -0.2) is 14.8 Å². The van der Waals surface area contributed by atoms with Gasteiger partial charge in [-0.1, -0.05) is 0 Å². The highest BCUT2D eigenvalue weighted by molar-refractivity contribution is 8.25. The Hall–Kier alpha value is -3.73. The van der Waals surface area contributed by atoms with Gasteiger partial charge in [0, 0.05) is 30.4 Å². The van der Waals surface area contributed by atoms with Crippen LogP contribution in [0.15, 0.2) is 59.5 Å². The molecule has 2 amide bonds. The van der Waals surface area contributed by atoms with Crippen molar-refractivity contribution in [3.05, 3.63) is 65.9 Å². The summed E-state index contributed by atoms with van der Waals surface area (Å²) in [5, 5.41) is 23.3. The summed E-state index contributed by atoms with van der Waals surface area (Å²) in [6.07, 6.45) is 1.10. The third-order valence-corrected chi connectivity index (χ3v) is 9.84. The fourth-order valence-corrected chi connectivity index (χ4v) is 6.84. The molecule has 1 saturated heterocycles. The Morgan fingerprint density at radius 2 is 1.90 bits per heavy atom. The van der Waals surface area contributed by atoms with E-state index in [2.05, 4.69) is 28.5 Å². The lowest BCUT2D eigenvalue weighted by Gasteiger charge is -2.41. The molecule has 1 aromatic heterocycles. The summed E-state index contributed by atoms with van der Waals surface area (Å²) >= 11 is 0. The van der Waals surface area contributed by atoms with Crippen molar-refractivity contribution in [1.82, 2.24) is 15.3 Å². The molecule has 11 nitrogen and oxygen atoms in total. The fraction of sp³-hybridized carbons (Fsp3) is 0.357. The van der Waals surface area contributed by atoms with E-state index in [1.807, 2.05) is 6.07 Å². The number of rotatable bonds is 8. The average molecular weight is 565 g/mol. The maximum absolute atomic E-state index is 12.0. The normalized spacial score (nSPS) is 18.5. The number of aromatic nitrogens is 2. The number of amides is 2. The zero-order valence-electron chi connectivity index (χ0n) is 22.1. The zero-order chi connectivity index (χ0) is 28.3. The van der Waals surface area contributed by atoms with Gasteiger partial charge >= 0.3 is 6.03 Å². The number of hydrogen-bond acceptors (Lipinski definition) is 9. The van der Waals surface area contributed by atoms with Crippen molar-refractivity contribution >= 4 is 28.1 Å². The van der Waals surface area contributed by atoms with Crippen molar-refractivity contribution in [2.24, 2.45) is 0 Å². The summed E-state index contributed by atoms with van der Waals surface area (Å²) in [4.78, 5) is 24.2. The summed E-state index contributed by atoms with van der Waals surface area (Å²) in [5.41, 5.74) is 2.27. The number of carbonyl (C=O) groups excluding carboxylic acids is 1. The van der Waals surface area contributed by atoms with Crippen molar-refractivity contribution < 1.29 is 23.7 Å². The predicted octanol–water partition coefficient (Wildman–Crippen LogP) is 4.15. The molecular weight excluding hydrogens is 532 g/mol. The highest BCUT2D eigenvalue weighted by atomic mass is 32.3. The number of benzene rings is 2. The fourth-order valence-electron chi connectivity index (χ4n) is 4.80. The van der Waals surface area contributed by atoms with E-state index in [4.69, 9.17) is 25.1 Å². The van der Waals surface area contributed by atoms with Crippen molar-refractivity contribution in [3.63, 3.8) is 0 Å². The highest BCUT2D eigenvalue weighted by Crippen LogP contribution is 2.75. The Bertz CT molecular complexity index is 1410. The molecule has 2 heterocycles. The summed E-state index contributed by atoms with van der Waals surface area (Å²) in [5.74, 6) is 1.12. The van der Waals surface area contributed by atoms with Crippen molar-refractivity contribution in [1.29, 1.82) is 5.26 Å². The molecule has 0 unspecified atom stereocenters. The molecule has 40 heavy (non-hydrogen) atoms. The van der Waals surface area contributed by atoms with E-state index in [9.17, 15) is 13.9 Å². The first-order valence-electron chi connectivity index (χ1n) is 13.1. The van der Waals surface area contributed by atoms with Gasteiger partial charge in [0.15, 0.2) is 5.82 Å². The van der Waals surface area contributed by atoms with E-state index >= 15 is 0 Å². The largest absolute Gasteiger partial charge is 0.395 e. The Labute approximate surface area is 234 Å². The first kappa shape index (κ1) is 27.8. The van der Waals surface area contributed by atoms with Crippen LogP contribution < -0.4 is 15.5 Å². The van der Waals surface area contributed by atoms with Crippen molar-refractivity contribution in [2.45, 2.75) is 35.4 Å². The van der Waals surface area contributed by atoms with Crippen LogP contribution in [0.25, 0.3) is 11.4 Å². The van der Waals surface area contributed by atoms with Gasteiger partial charge in [0.2, 0.25) is 0 Å². The molecule has 12 heteroatoms. The molecule has 1 atom stereocenters. The van der Waals surface area contributed by atoms with Crippen LogP contribution in [0.2, 0.25) is 0 Å². The minimum Gasteiger partial charge on any atom is -0.395 e. The Morgan fingerprint density at radius 1 is 1.18 bits per heavy atom. The van der Waals surface area contributed by atoms with E-state index in [0.717, 1.165) is 0 Å². The number of urea groups is 1. The molecule has 0 bridgehead atoms. The predicted molar refractivity (Wildman–Crippen MR) is 152 cm³/mol. The van der Waals surface area contributed by atoms with Crippen LogP contribution in [-0.4, -0.2) is 69.2 Å². The van der Waals surface area contributed by atoms with E-state index in [1.54, 1.807) is 48.5 Å². The average Bonchev–Trinajstić information content (AvgIpc) is 3.80. The topological polar surface area (TPSA) is 164 Å². The van der Waals surface area contributed by atoms with Gasteiger partial charge in [-0.3, -0.25) is 9.11 Å². The summed E-state index contributed by atoms with van der Waals surface area (Å²) in [6.45, 7) is 3.81. The molecule has 1 aliphatic heterocycles. The smallest absolute Gasteiger partial charge is 0.319 e. The van der Waals surface area contributed by atoms with Gasteiger partial charge in [-0.15, -0.1) is 0 Å². The molecule has 2 aliphatic rings. The first-order valence-corrected chi connectivity index (χ1v) is 14.6. The van der Waals surface area contributed by atoms with E-state index < -0.39 is 21.4 Å². The standard InChI is InChI=1S/C28H32N6O5S/c1-19-18-39-15-13-34(19)25-16-24(28(10-11-28)40(37,38)23-8-2-20(17-29)3-9-23)32-26(33-25)21-4-6-22(7-5-21)31-27(36)30-12-14-35/h2-9,16,19,35,37-38H,10-15,18H2,1H3,(H2,30,31,36)/t19-/m0/s1. The number of morpholine rings is 1. The molecule has 0 spiro atoms.